The van der Waals surface area contributed by atoms with Crippen LogP contribution in [0.5, 0.6) is 0 Å². The van der Waals surface area contributed by atoms with Gasteiger partial charge >= 0.3 is 0 Å². The normalized spacial score (nSPS) is 15.8. The molecule has 0 rings (SSSR count). The Morgan fingerprint density at radius 3 is 2.00 bits per heavy atom. The second-order valence-corrected chi connectivity index (χ2v) is 0.434. The SMILES string of the molecule is [CH2][C@@H](O)F. The Balaban J connectivity index is 2.32. The van der Waals surface area contributed by atoms with E-state index < -0.39 is 6.36 Å². The molecule has 0 spiro atoms. The van der Waals surface area contributed by atoms with Gasteiger partial charge < -0.3 is 5.11 Å². The number of alkyl halides is 1. The molecule has 2 heteroatoms. The quantitative estimate of drug-likeness (QED) is 0.423. The molecule has 0 aromatic rings. The number of hydrogen-bond acceptors (Lipinski definition) is 1. The van der Waals surface area contributed by atoms with Crippen LogP contribution in [0, 0.1) is 6.92 Å². The van der Waals surface area contributed by atoms with Crippen LogP contribution < -0.4 is 0 Å². The van der Waals surface area contributed by atoms with Gasteiger partial charge in [0.15, 0.2) is 6.36 Å². The van der Waals surface area contributed by atoms with Crippen molar-refractivity contribution in [2.24, 2.45) is 0 Å². The minimum absolute atomic E-state index is 1.92. The molecule has 0 unspecified atom stereocenters. The van der Waals surface area contributed by atoms with E-state index in [2.05, 4.69) is 6.92 Å². The lowest BCUT2D eigenvalue weighted by Gasteiger charge is -1.75. The molecule has 1 radical (unpaired) electrons. The molecule has 1 atom stereocenters. The van der Waals surface area contributed by atoms with Gasteiger partial charge in [0.2, 0.25) is 0 Å². The van der Waals surface area contributed by atoms with Gasteiger partial charge in [-0.25, -0.2) is 4.39 Å². The van der Waals surface area contributed by atoms with Crippen molar-refractivity contribution in [1.82, 2.24) is 0 Å². The first-order valence-corrected chi connectivity index (χ1v) is 0.885. The molecule has 0 saturated heterocycles. The second kappa shape index (κ2) is 1.24. The van der Waals surface area contributed by atoms with Crippen LogP contribution in [0.15, 0.2) is 0 Å². The molecule has 25 valence electrons. The first-order valence-electron chi connectivity index (χ1n) is 0.885. The Labute approximate surface area is 24.1 Å². The zero-order chi connectivity index (χ0) is 3.58. The van der Waals surface area contributed by atoms with Crippen molar-refractivity contribution in [2.75, 3.05) is 0 Å². The van der Waals surface area contributed by atoms with Gasteiger partial charge in [0.1, 0.15) is 0 Å². The van der Waals surface area contributed by atoms with Gasteiger partial charge in [-0.3, -0.25) is 0 Å². The standard InChI is InChI=1S/C2H4FO/c1-2(3)4/h2,4H,1H2/t2-/m1/s1. The van der Waals surface area contributed by atoms with Gasteiger partial charge in [-0.1, -0.05) is 0 Å². The molecule has 0 aliphatic heterocycles. The molecular weight excluding hydrogens is 59.0 g/mol. The third-order valence-corrected chi connectivity index (χ3v) is 0. The Hall–Kier alpha value is -0.110. The van der Waals surface area contributed by atoms with Crippen LogP contribution in [-0.2, 0) is 0 Å². The number of rotatable bonds is 0. The van der Waals surface area contributed by atoms with E-state index in [0.717, 1.165) is 0 Å². The molecule has 0 fully saturated rings. The fourth-order valence-electron chi connectivity index (χ4n) is 0. The van der Waals surface area contributed by atoms with Crippen LogP contribution >= 0.6 is 0 Å². The molecule has 1 N–H and O–H groups in total. The summed E-state index contributed by atoms with van der Waals surface area (Å²) >= 11 is 0. The lowest BCUT2D eigenvalue weighted by Crippen LogP contribution is -1.82. The van der Waals surface area contributed by atoms with Gasteiger partial charge in [0.25, 0.3) is 0 Å². The molecule has 0 bridgehead atoms. The molecule has 0 amide bonds. The van der Waals surface area contributed by atoms with Crippen LogP contribution in [-0.4, -0.2) is 11.5 Å². The van der Waals surface area contributed by atoms with Crippen molar-refractivity contribution >= 4 is 0 Å². The highest BCUT2D eigenvalue weighted by atomic mass is 19.1. The fourth-order valence-corrected chi connectivity index (χ4v) is 0. The van der Waals surface area contributed by atoms with E-state index in [-0.39, 0.29) is 0 Å². The van der Waals surface area contributed by atoms with Gasteiger partial charge in [-0.15, -0.1) is 0 Å². The van der Waals surface area contributed by atoms with Gasteiger partial charge in [-0.2, -0.15) is 0 Å². The summed E-state index contributed by atoms with van der Waals surface area (Å²) in [6, 6.07) is 0. The molecule has 0 aromatic carbocycles. The van der Waals surface area contributed by atoms with E-state index in [1.807, 2.05) is 0 Å². The van der Waals surface area contributed by atoms with Crippen molar-refractivity contribution < 1.29 is 9.50 Å². The maximum Gasteiger partial charge on any atom is 0.196 e. The number of aliphatic hydroxyl groups excluding tert-OH is 1. The van der Waals surface area contributed by atoms with E-state index in [0.29, 0.717) is 0 Å². The molecule has 0 aliphatic rings. The van der Waals surface area contributed by atoms with Crippen molar-refractivity contribution in [2.45, 2.75) is 6.36 Å². The summed E-state index contributed by atoms with van der Waals surface area (Å²) in [6.07, 6.45) is -1.92. The Morgan fingerprint density at radius 2 is 2.00 bits per heavy atom. The largest absolute Gasteiger partial charge is 0.364 e. The molecule has 0 heterocycles. The molecular formula is C2H4FO. The van der Waals surface area contributed by atoms with E-state index in [1.165, 1.54) is 0 Å². The van der Waals surface area contributed by atoms with E-state index in [1.54, 1.807) is 0 Å². The van der Waals surface area contributed by atoms with E-state index in [4.69, 9.17) is 5.11 Å². The summed E-state index contributed by atoms with van der Waals surface area (Å²) in [5.41, 5.74) is 0. The average Bonchev–Trinajstić information content (AvgIpc) is 0.811. The monoisotopic (exact) mass is 63.0 g/mol. The predicted octanol–water partition coefficient (Wildman–Crippen LogP) is 0.108. The predicted molar refractivity (Wildman–Crippen MR) is 12.5 cm³/mol. The summed E-state index contributed by atoms with van der Waals surface area (Å²) in [5, 5.41) is 7.28. The molecule has 0 aliphatic carbocycles. The summed E-state index contributed by atoms with van der Waals surface area (Å²) in [7, 11) is 0. The zero-order valence-electron chi connectivity index (χ0n) is 2.11. The van der Waals surface area contributed by atoms with E-state index in [9.17, 15) is 4.39 Å². The smallest absolute Gasteiger partial charge is 0.196 e. The van der Waals surface area contributed by atoms with Gasteiger partial charge in [-0.05, 0) is 0 Å². The lowest BCUT2D eigenvalue weighted by atomic mass is 10.8. The number of aliphatic hydroxyl groups is 1. The van der Waals surface area contributed by atoms with Crippen LogP contribution in [0.2, 0.25) is 0 Å². The number of hydrogen-bond donors (Lipinski definition) is 1. The van der Waals surface area contributed by atoms with Crippen LogP contribution in [0.1, 0.15) is 0 Å². The third-order valence-electron chi connectivity index (χ3n) is 0. The highest BCUT2D eigenvalue weighted by molar-refractivity contribution is 4.29. The van der Waals surface area contributed by atoms with Crippen molar-refractivity contribution in [1.29, 1.82) is 0 Å². The molecule has 0 saturated carbocycles. The highest BCUT2D eigenvalue weighted by Gasteiger charge is 1.75. The average molecular weight is 63.1 g/mol. The summed E-state index contributed by atoms with van der Waals surface area (Å²) in [6.45, 7) is 2.53. The van der Waals surface area contributed by atoms with Crippen LogP contribution in [0.25, 0.3) is 0 Å². The third kappa shape index (κ3) is 124. The lowest BCUT2D eigenvalue weighted by molar-refractivity contribution is 0.0856. The van der Waals surface area contributed by atoms with Crippen molar-refractivity contribution in [3.8, 4) is 0 Å². The van der Waals surface area contributed by atoms with Gasteiger partial charge in [0.05, 0.1) is 0 Å². The Bertz CT molecular complexity index is 10.8. The Morgan fingerprint density at radius 1 is 2.00 bits per heavy atom. The first-order chi connectivity index (χ1) is 1.73. The van der Waals surface area contributed by atoms with Gasteiger partial charge in [0, 0.05) is 6.92 Å². The fraction of sp³-hybridized carbons (Fsp3) is 0.500. The summed E-state index contributed by atoms with van der Waals surface area (Å²) in [4.78, 5) is 0. The summed E-state index contributed by atoms with van der Waals surface area (Å²) < 4.78 is 10.4. The first kappa shape index (κ1) is 3.89. The van der Waals surface area contributed by atoms with Crippen molar-refractivity contribution in [3.05, 3.63) is 6.92 Å². The molecule has 4 heavy (non-hydrogen) atoms. The second-order valence-electron chi connectivity index (χ2n) is 0.434. The summed E-state index contributed by atoms with van der Waals surface area (Å²) in [5.74, 6) is 0. The molecule has 1 nitrogen and oxygen atoms in total. The van der Waals surface area contributed by atoms with Crippen LogP contribution in [0.4, 0.5) is 4.39 Å². The van der Waals surface area contributed by atoms with E-state index >= 15 is 0 Å². The van der Waals surface area contributed by atoms with Crippen molar-refractivity contribution in [3.63, 3.8) is 0 Å². The molecule has 0 aromatic heterocycles. The zero-order valence-corrected chi connectivity index (χ0v) is 2.11. The maximum atomic E-state index is 10.4. The highest BCUT2D eigenvalue weighted by Crippen LogP contribution is 1.70. The minimum atomic E-state index is -1.92. The minimum Gasteiger partial charge on any atom is -0.364 e. The Kier molecular flexibility index (Phi) is 1.20. The maximum absolute atomic E-state index is 10.4. The van der Waals surface area contributed by atoms with Crippen LogP contribution in [0.3, 0.4) is 0 Å². The topological polar surface area (TPSA) is 20.2 Å². The number of halogens is 1.